The highest BCUT2D eigenvalue weighted by Gasteiger charge is 2.36. The topological polar surface area (TPSA) is 58.5 Å². The van der Waals surface area contributed by atoms with Crippen molar-refractivity contribution in [1.29, 1.82) is 0 Å². The van der Waals surface area contributed by atoms with Gasteiger partial charge in [-0.3, -0.25) is 0 Å². The highest BCUT2D eigenvalue weighted by molar-refractivity contribution is 7.18. The fraction of sp³-hybridized carbons (Fsp3) is 0.467. The van der Waals surface area contributed by atoms with Crippen LogP contribution in [0, 0.1) is 0 Å². The highest BCUT2D eigenvalue weighted by Crippen LogP contribution is 2.33. The van der Waals surface area contributed by atoms with Crippen LogP contribution in [0.3, 0.4) is 0 Å². The lowest BCUT2D eigenvalue weighted by Gasteiger charge is -2.35. The fourth-order valence-electron chi connectivity index (χ4n) is 2.57. The monoisotopic (exact) mass is 323 g/mol. The molecule has 1 atom stereocenters. The van der Waals surface area contributed by atoms with Gasteiger partial charge in [-0.05, 0) is 37.1 Å². The van der Waals surface area contributed by atoms with E-state index in [0.717, 1.165) is 22.9 Å². The Hall–Kier alpha value is -1.73. The Balaban J connectivity index is 1.78. The number of aliphatic hydroxyl groups excluding tert-OH is 1. The first kappa shape index (κ1) is 15.2. The van der Waals surface area contributed by atoms with E-state index in [2.05, 4.69) is 10.2 Å². The van der Waals surface area contributed by atoms with Crippen molar-refractivity contribution in [2.24, 2.45) is 0 Å². The van der Waals surface area contributed by atoms with E-state index < -0.39 is 12.3 Å². The molecule has 1 aromatic carbocycles. The number of halogens is 1. The summed E-state index contributed by atoms with van der Waals surface area (Å²) in [6.45, 7) is 0.456. The molecule has 2 aromatic rings. The third kappa shape index (κ3) is 3.05. The van der Waals surface area contributed by atoms with Gasteiger partial charge >= 0.3 is 0 Å². The first-order valence-corrected chi connectivity index (χ1v) is 7.98. The smallest absolute Gasteiger partial charge is 0.208 e. The number of methoxy groups -OCH3 is 1. The summed E-state index contributed by atoms with van der Waals surface area (Å²) in [6.07, 6.45) is 1.10. The van der Waals surface area contributed by atoms with E-state index in [0.29, 0.717) is 18.0 Å². The van der Waals surface area contributed by atoms with Gasteiger partial charge in [0.2, 0.25) is 5.13 Å². The molecule has 1 saturated heterocycles. The summed E-state index contributed by atoms with van der Waals surface area (Å²) in [5, 5.41) is 19.1. The molecule has 0 spiro atoms. The van der Waals surface area contributed by atoms with Crippen LogP contribution in [-0.2, 0) is 0 Å². The van der Waals surface area contributed by atoms with Crippen LogP contribution in [0.15, 0.2) is 24.3 Å². The van der Waals surface area contributed by atoms with E-state index >= 15 is 0 Å². The molecular formula is C15H18FN3O2S. The maximum atomic E-state index is 14.3. The molecule has 0 aliphatic carbocycles. The van der Waals surface area contributed by atoms with Crippen molar-refractivity contribution in [1.82, 2.24) is 10.2 Å². The van der Waals surface area contributed by atoms with Crippen LogP contribution < -0.4 is 9.64 Å². The van der Waals surface area contributed by atoms with Gasteiger partial charge in [-0.1, -0.05) is 11.3 Å². The predicted molar refractivity (Wildman–Crippen MR) is 84.3 cm³/mol. The lowest BCUT2D eigenvalue weighted by Crippen LogP contribution is -2.47. The summed E-state index contributed by atoms with van der Waals surface area (Å²) >= 11 is 1.43. The molecule has 3 rings (SSSR count). The van der Waals surface area contributed by atoms with Crippen molar-refractivity contribution < 1.29 is 14.2 Å². The summed E-state index contributed by atoms with van der Waals surface area (Å²) in [6, 6.07) is 7.59. The van der Waals surface area contributed by atoms with Crippen LogP contribution in [0.2, 0.25) is 0 Å². The molecule has 0 bridgehead atoms. The Morgan fingerprint density at radius 3 is 2.82 bits per heavy atom. The second kappa shape index (κ2) is 6.18. The summed E-state index contributed by atoms with van der Waals surface area (Å²) in [5.74, 6) is 0.787. The van der Waals surface area contributed by atoms with Crippen LogP contribution in [-0.4, -0.2) is 47.8 Å². The zero-order valence-electron chi connectivity index (χ0n) is 12.3. The van der Waals surface area contributed by atoms with Crippen LogP contribution in [0.25, 0.3) is 10.6 Å². The number of benzene rings is 1. The first-order valence-electron chi connectivity index (χ1n) is 7.16. The van der Waals surface area contributed by atoms with Gasteiger partial charge in [-0.25, -0.2) is 4.39 Å². The number of nitrogens with zero attached hydrogens (tertiary/aromatic N) is 3. The standard InChI is InChI=1S/C15H18FN3O2S/c1-21-12-5-3-11(4-6-12)13-17-18-14(22-13)19-8-2-7-15(16,9-19)10-20/h3-6,20H,2,7-10H2,1H3. The zero-order chi connectivity index (χ0) is 15.6. The van der Waals surface area contributed by atoms with Crippen molar-refractivity contribution in [3.05, 3.63) is 24.3 Å². The second-order valence-electron chi connectivity index (χ2n) is 5.45. The van der Waals surface area contributed by atoms with Crippen LogP contribution in [0.1, 0.15) is 12.8 Å². The first-order chi connectivity index (χ1) is 10.6. The van der Waals surface area contributed by atoms with Crippen LogP contribution >= 0.6 is 11.3 Å². The maximum absolute atomic E-state index is 14.3. The van der Waals surface area contributed by atoms with E-state index in [4.69, 9.17) is 4.74 Å². The minimum atomic E-state index is -1.54. The van der Waals surface area contributed by atoms with Crippen LogP contribution in [0.4, 0.5) is 9.52 Å². The van der Waals surface area contributed by atoms with Gasteiger partial charge < -0.3 is 14.7 Å². The number of alkyl halides is 1. The number of ether oxygens (including phenoxy) is 1. The maximum Gasteiger partial charge on any atom is 0.208 e. The molecular weight excluding hydrogens is 305 g/mol. The van der Waals surface area contributed by atoms with E-state index in [9.17, 15) is 9.50 Å². The SMILES string of the molecule is COc1ccc(-c2nnc(N3CCCC(F)(CO)C3)s2)cc1. The molecule has 1 aromatic heterocycles. The largest absolute Gasteiger partial charge is 0.497 e. The Bertz CT molecular complexity index is 634. The zero-order valence-corrected chi connectivity index (χ0v) is 13.1. The van der Waals surface area contributed by atoms with E-state index in [1.807, 2.05) is 29.2 Å². The average molecular weight is 323 g/mol. The van der Waals surface area contributed by atoms with Crippen molar-refractivity contribution in [3.8, 4) is 16.3 Å². The van der Waals surface area contributed by atoms with E-state index in [1.54, 1.807) is 7.11 Å². The van der Waals surface area contributed by atoms with Gasteiger partial charge in [0.05, 0.1) is 20.3 Å². The third-order valence-electron chi connectivity index (χ3n) is 3.83. The number of anilines is 1. The molecule has 0 amide bonds. The second-order valence-corrected chi connectivity index (χ2v) is 6.41. The molecule has 7 heteroatoms. The number of hydrogen-bond donors (Lipinski definition) is 1. The Labute approximate surface area is 132 Å². The fourth-order valence-corrected chi connectivity index (χ4v) is 3.45. The normalized spacial score (nSPS) is 21.9. The molecule has 5 nitrogen and oxygen atoms in total. The van der Waals surface area contributed by atoms with Gasteiger partial charge in [0.25, 0.3) is 0 Å². The van der Waals surface area contributed by atoms with Gasteiger partial charge in [-0.15, -0.1) is 10.2 Å². The molecule has 1 unspecified atom stereocenters. The molecule has 1 N–H and O–H groups in total. The number of aromatic nitrogens is 2. The van der Waals surface area contributed by atoms with Gasteiger partial charge in [0.1, 0.15) is 10.8 Å². The minimum Gasteiger partial charge on any atom is -0.497 e. The number of hydrogen-bond acceptors (Lipinski definition) is 6. The van der Waals surface area contributed by atoms with Crippen molar-refractivity contribution in [3.63, 3.8) is 0 Å². The number of aliphatic hydroxyl groups is 1. The molecule has 1 aliphatic heterocycles. The molecule has 1 fully saturated rings. The van der Waals surface area contributed by atoms with E-state index in [1.165, 1.54) is 11.3 Å². The van der Waals surface area contributed by atoms with Crippen molar-refractivity contribution in [2.45, 2.75) is 18.5 Å². The Morgan fingerprint density at radius 2 is 2.14 bits per heavy atom. The van der Waals surface area contributed by atoms with Gasteiger partial charge in [0.15, 0.2) is 5.67 Å². The molecule has 118 valence electrons. The lowest BCUT2D eigenvalue weighted by atomic mass is 9.96. The van der Waals surface area contributed by atoms with Crippen molar-refractivity contribution >= 4 is 16.5 Å². The highest BCUT2D eigenvalue weighted by atomic mass is 32.1. The molecule has 0 radical (unpaired) electrons. The van der Waals surface area contributed by atoms with Crippen LogP contribution in [0.5, 0.6) is 5.75 Å². The molecule has 1 aliphatic rings. The van der Waals surface area contributed by atoms with Gasteiger partial charge in [0, 0.05) is 12.1 Å². The summed E-state index contributed by atoms with van der Waals surface area (Å²) < 4.78 is 19.4. The quantitative estimate of drug-likeness (QED) is 0.937. The lowest BCUT2D eigenvalue weighted by molar-refractivity contribution is 0.0567. The molecule has 22 heavy (non-hydrogen) atoms. The number of rotatable bonds is 4. The molecule has 0 saturated carbocycles. The van der Waals surface area contributed by atoms with Gasteiger partial charge in [-0.2, -0.15) is 0 Å². The van der Waals surface area contributed by atoms with Crippen molar-refractivity contribution in [2.75, 3.05) is 31.7 Å². The summed E-state index contributed by atoms with van der Waals surface area (Å²) in [5.41, 5.74) is -0.584. The molecule has 2 heterocycles. The Morgan fingerprint density at radius 1 is 1.36 bits per heavy atom. The summed E-state index contributed by atoms with van der Waals surface area (Å²) in [4.78, 5) is 1.87. The van der Waals surface area contributed by atoms with E-state index in [-0.39, 0.29) is 6.54 Å². The summed E-state index contributed by atoms with van der Waals surface area (Å²) in [7, 11) is 1.62. The average Bonchev–Trinajstić information content (AvgIpc) is 3.05. The predicted octanol–water partition coefficient (Wildman–Crippen LogP) is 2.51. The number of piperidine rings is 1. The third-order valence-corrected chi connectivity index (χ3v) is 4.87. The Kier molecular flexibility index (Phi) is 4.26. The minimum absolute atomic E-state index is 0.167.